The van der Waals surface area contributed by atoms with Gasteiger partial charge in [0.15, 0.2) is 0 Å². The number of nitrogen functional groups attached to an aromatic ring is 1. The lowest BCUT2D eigenvalue weighted by atomic mass is 10.3. The molecule has 0 saturated heterocycles. The van der Waals surface area contributed by atoms with Crippen LogP contribution in [0.5, 0.6) is 0 Å². The molecule has 6 heteroatoms. The third-order valence-corrected chi connectivity index (χ3v) is 4.01. The summed E-state index contributed by atoms with van der Waals surface area (Å²) in [6.07, 6.45) is 1.73. The summed E-state index contributed by atoms with van der Waals surface area (Å²) < 4.78 is 26.1. The molecule has 4 nitrogen and oxygen atoms in total. The molecule has 0 unspecified atom stereocenters. The molecular formula is C10H15ClN2O2S. The van der Waals surface area contributed by atoms with E-state index in [0.717, 1.165) is 12.8 Å². The molecule has 1 rings (SSSR count). The van der Waals surface area contributed by atoms with E-state index in [4.69, 9.17) is 17.3 Å². The third kappa shape index (κ3) is 3.37. The molecule has 0 aliphatic heterocycles. The standard InChI is InChI=1S/C10H15ClN2O2S/c1-2-3-6-13-16(14,15)10-5-4-8(12)7-9(10)11/h4-5,7,13H,2-3,6,12H2,1H3. The van der Waals surface area contributed by atoms with Crippen molar-refractivity contribution in [1.29, 1.82) is 0 Å². The van der Waals surface area contributed by atoms with Crippen LogP contribution < -0.4 is 10.5 Å². The normalized spacial score (nSPS) is 11.6. The third-order valence-electron chi connectivity index (χ3n) is 2.07. The van der Waals surface area contributed by atoms with Crippen LogP contribution in [0.3, 0.4) is 0 Å². The summed E-state index contributed by atoms with van der Waals surface area (Å²) in [5.74, 6) is 0. The van der Waals surface area contributed by atoms with Gasteiger partial charge in [-0.3, -0.25) is 0 Å². The highest BCUT2D eigenvalue weighted by atomic mass is 35.5. The van der Waals surface area contributed by atoms with Gasteiger partial charge < -0.3 is 5.73 Å². The number of hydrogen-bond acceptors (Lipinski definition) is 3. The Bertz CT molecular complexity index is 460. The van der Waals surface area contributed by atoms with Crippen LogP contribution in [-0.4, -0.2) is 15.0 Å². The summed E-state index contributed by atoms with van der Waals surface area (Å²) >= 11 is 5.83. The Hall–Kier alpha value is -0.780. The quantitative estimate of drug-likeness (QED) is 0.630. The first-order valence-electron chi connectivity index (χ1n) is 5.02. The minimum Gasteiger partial charge on any atom is -0.399 e. The molecule has 0 fully saturated rings. The maximum Gasteiger partial charge on any atom is 0.242 e. The molecule has 1 aromatic rings. The molecule has 0 aliphatic rings. The summed E-state index contributed by atoms with van der Waals surface area (Å²) in [5, 5.41) is 0.143. The van der Waals surface area contributed by atoms with Crippen LogP contribution in [0.25, 0.3) is 0 Å². The second-order valence-electron chi connectivity index (χ2n) is 3.44. The number of sulfonamides is 1. The van der Waals surface area contributed by atoms with E-state index in [1.807, 2.05) is 6.92 Å². The van der Waals surface area contributed by atoms with Crippen LogP contribution in [0.15, 0.2) is 23.1 Å². The van der Waals surface area contributed by atoms with Crippen LogP contribution in [0.4, 0.5) is 5.69 Å². The van der Waals surface area contributed by atoms with Crippen molar-refractivity contribution >= 4 is 27.3 Å². The molecule has 1 aromatic carbocycles. The van der Waals surface area contributed by atoms with Gasteiger partial charge >= 0.3 is 0 Å². The zero-order chi connectivity index (χ0) is 12.2. The van der Waals surface area contributed by atoms with Gasteiger partial charge in [-0.1, -0.05) is 24.9 Å². The van der Waals surface area contributed by atoms with Gasteiger partial charge in [0, 0.05) is 12.2 Å². The van der Waals surface area contributed by atoms with Crippen LogP contribution >= 0.6 is 11.6 Å². The van der Waals surface area contributed by atoms with Crippen LogP contribution in [0.1, 0.15) is 19.8 Å². The molecule has 0 bridgehead atoms. The maximum atomic E-state index is 11.8. The van der Waals surface area contributed by atoms with Gasteiger partial charge in [0.1, 0.15) is 4.90 Å². The maximum absolute atomic E-state index is 11.8. The number of benzene rings is 1. The minimum atomic E-state index is -3.52. The van der Waals surface area contributed by atoms with E-state index in [-0.39, 0.29) is 9.92 Å². The summed E-state index contributed by atoms with van der Waals surface area (Å²) in [7, 11) is -3.52. The predicted molar refractivity (Wildman–Crippen MR) is 66.0 cm³/mol. The van der Waals surface area contributed by atoms with Crippen molar-refractivity contribution in [3.63, 3.8) is 0 Å². The Balaban J connectivity index is 2.90. The Morgan fingerprint density at radius 2 is 2.12 bits per heavy atom. The number of unbranched alkanes of at least 4 members (excludes halogenated alkanes) is 1. The highest BCUT2D eigenvalue weighted by Crippen LogP contribution is 2.23. The van der Waals surface area contributed by atoms with Crippen molar-refractivity contribution in [3.8, 4) is 0 Å². The van der Waals surface area contributed by atoms with E-state index in [9.17, 15) is 8.42 Å². The molecular weight excluding hydrogens is 248 g/mol. The Morgan fingerprint density at radius 3 is 2.69 bits per heavy atom. The fraction of sp³-hybridized carbons (Fsp3) is 0.400. The Kier molecular flexibility index (Phi) is 4.58. The lowest BCUT2D eigenvalue weighted by Crippen LogP contribution is -2.25. The van der Waals surface area contributed by atoms with Crippen LogP contribution in [-0.2, 0) is 10.0 Å². The Morgan fingerprint density at radius 1 is 1.44 bits per heavy atom. The molecule has 0 amide bonds. The van der Waals surface area contributed by atoms with Gasteiger partial charge in [0.25, 0.3) is 0 Å². The van der Waals surface area contributed by atoms with E-state index in [0.29, 0.717) is 12.2 Å². The molecule has 0 heterocycles. The SMILES string of the molecule is CCCCNS(=O)(=O)c1ccc(N)cc1Cl. The lowest BCUT2D eigenvalue weighted by molar-refractivity contribution is 0.578. The zero-order valence-electron chi connectivity index (χ0n) is 9.03. The highest BCUT2D eigenvalue weighted by Gasteiger charge is 2.16. The fourth-order valence-electron chi connectivity index (χ4n) is 1.20. The van der Waals surface area contributed by atoms with E-state index in [1.54, 1.807) is 0 Å². The lowest BCUT2D eigenvalue weighted by Gasteiger charge is -2.08. The Labute approximate surface area is 101 Å². The van der Waals surface area contributed by atoms with Gasteiger partial charge in [0.2, 0.25) is 10.0 Å². The van der Waals surface area contributed by atoms with Gasteiger partial charge in [-0.25, -0.2) is 13.1 Å². The number of hydrogen-bond donors (Lipinski definition) is 2. The van der Waals surface area contributed by atoms with Gasteiger partial charge in [-0.2, -0.15) is 0 Å². The van der Waals surface area contributed by atoms with Crippen molar-refractivity contribution in [2.75, 3.05) is 12.3 Å². The number of nitrogens with two attached hydrogens (primary N) is 1. The van der Waals surface area contributed by atoms with Gasteiger partial charge in [-0.05, 0) is 24.6 Å². The van der Waals surface area contributed by atoms with Crippen molar-refractivity contribution in [1.82, 2.24) is 4.72 Å². The van der Waals surface area contributed by atoms with E-state index in [1.165, 1.54) is 18.2 Å². The largest absolute Gasteiger partial charge is 0.399 e. The topological polar surface area (TPSA) is 72.2 Å². The first-order chi connectivity index (χ1) is 7.47. The number of halogens is 1. The van der Waals surface area contributed by atoms with Gasteiger partial charge in [-0.15, -0.1) is 0 Å². The smallest absolute Gasteiger partial charge is 0.242 e. The number of anilines is 1. The summed E-state index contributed by atoms with van der Waals surface area (Å²) in [4.78, 5) is 0.0690. The molecule has 0 aromatic heterocycles. The predicted octanol–water partition coefficient (Wildman–Crippen LogP) is 2.00. The van der Waals surface area contributed by atoms with Crippen molar-refractivity contribution in [2.45, 2.75) is 24.7 Å². The van der Waals surface area contributed by atoms with E-state index >= 15 is 0 Å². The average Bonchev–Trinajstić information content (AvgIpc) is 2.17. The summed E-state index contributed by atoms with van der Waals surface area (Å²) in [5.41, 5.74) is 5.93. The monoisotopic (exact) mass is 262 g/mol. The molecule has 3 N–H and O–H groups in total. The molecule has 90 valence electrons. The fourth-order valence-corrected chi connectivity index (χ4v) is 2.82. The second-order valence-corrected chi connectivity index (χ2v) is 5.58. The molecule has 0 radical (unpaired) electrons. The molecule has 16 heavy (non-hydrogen) atoms. The summed E-state index contributed by atoms with van der Waals surface area (Å²) in [6, 6.07) is 4.35. The average molecular weight is 263 g/mol. The van der Waals surface area contributed by atoms with E-state index < -0.39 is 10.0 Å². The van der Waals surface area contributed by atoms with Gasteiger partial charge in [0.05, 0.1) is 5.02 Å². The van der Waals surface area contributed by atoms with Crippen LogP contribution in [0.2, 0.25) is 5.02 Å². The first-order valence-corrected chi connectivity index (χ1v) is 6.88. The minimum absolute atomic E-state index is 0.0690. The van der Waals surface area contributed by atoms with Crippen molar-refractivity contribution in [3.05, 3.63) is 23.2 Å². The highest BCUT2D eigenvalue weighted by molar-refractivity contribution is 7.89. The molecule has 0 atom stereocenters. The van der Waals surface area contributed by atoms with E-state index in [2.05, 4.69) is 4.72 Å². The molecule has 0 spiro atoms. The number of nitrogens with one attached hydrogen (secondary N) is 1. The second kappa shape index (κ2) is 5.52. The van der Waals surface area contributed by atoms with Crippen LogP contribution in [0, 0.1) is 0 Å². The first kappa shape index (κ1) is 13.3. The molecule has 0 aliphatic carbocycles. The molecule has 0 saturated carbocycles. The number of rotatable bonds is 5. The van der Waals surface area contributed by atoms with Crippen molar-refractivity contribution < 1.29 is 8.42 Å². The van der Waals surface area contributed by atoms with Crippen molar-refractivity contribution in [2.24, 2.45) is 0 Å². The zero-order valence-corrected chi connectivity index (χ0v) is 10.6. The summed E-state index contributed by atoms with van der Waals surface area (Å²) in [6.45, 7) is 2.41.